The molecule has 2 amide bonds. The zero-order valence-electron chi connectivity index (χ0n) is 20.5. The minimum Gasteiger partial charge on any atom is -0.473 e. The predicted octanol–water partition coefficient (Wildman–Crippen LogP) is 6.66. The van der Waals surface area contributed by atoms with Gasteiger partial charge in [-0.05, 0) is 54.2 Å². The minimum absolute atomic E-state index is 0.238. The molecule has 1 fully saturated rings. The highest BCUT2D eigenvalue weighted by Gasteiger charge is 2.40. The second-order valence-electron chi connectivity index (χ2n) is 9.75. The highest BCUT2D eigenvalue weighted by Crippen LogP contribution is 2.39. The maximum Gasteiger partial charge on any atom is 0.285 e. The summed E-state index contributed by atoms with van der Waals surface area (Å²) in [4.78, 5) is 36.8. The van der Waals surface area contributed by atoms with Crippen LogP contribution in [0.1, 0.15) is 70.1 Å². The molecule has 1 atom stereocenters. The van der Waals surface area contributed by atoms with Crippen molar-refractivity contribution in [2.45, 2.75) is 44.8 Å². The largest absolute Gasteiger partial charge is 0.473 e. The Kier molecular flexibility index (Phi) is 6.41. The van der Waals surface area contributed by atoms with E-state index in [0.717, 1.165) is 52.8 Å². The Morgan fingerprint density at radius 3 is 2.19 bits per heavy atom. The number of rotatable bonds is 7. The van der Waals surface area contributed by atoms with E-state index in [1.807, 2.05) is 60.7 Å². The SMILES string of the molecule is O=C1c2ccccc2C(=O)N1OC(c1ccc(COc2ccc3ccccc3n2)cc1)C1CCCCC1. The van der Waals surface area contributed by atoms with Gasteiger partial charge in [-0.1, -0.05) is 73.9 Å². The first kappa shape index (κ1) is 23.4. The number of hydrogen-bond acceptors (Lipinski definition) is 5. The Bertz CT molecular complexity index is 1410. The molecule has 0 saturated heterocycles. The van der Waals surface area contributed by atoms with Crippen LogP contribution in [0.15, 0.2) is 84.9 Å². The summed E-state index contributed by atoms with van der Waals surface area (Å²) in [5.74, 6) is 0.0300. The molecule has 1 unspecified atom stereocenters. The lowest BCUT2D eigenvalue weighted by atomic mass is 9.82. The fraction of sp³-hybridized carbons (Fsp3) is 0.258. The predicted molar refractivity (Wildman–Crippen MR) is 140 cm³/mol. The van der Waals surface area contributed by atoms with Crippen molar-refractivity contribution in [2.75, 3.05) is 0 Å². The van der Waals surface area contributed by atoms with Gasteiger partial charge in [-0.15, -0.1) is 5.06 Å². The summed E-state index contributed by atoms with van der Waals surface area (Å²) in [5.41, 5.74) is 3.64. The molecular formula is C31H28N2O4. The molecule has 6 nitrogen and oxygen atoms in total. The molecule has 186 valence electrons. The first-order valence-corrected chi connectivity index (χ1v) is 12.9. The molecule has 3 aromatic carbocycles. The van der Waals surface area contributed by atoms with E-state index in [4.69, 9.17) is 9.57 Å². The number of carbonyl (C=O) groups excluding carboxylic acids is 2. The number of benzene rings is 3. The smallest absolute Gasteiger partial charge is 0.285 e. The van der Waals surface area contributed by atoms with Crippen molar-refractivity contribution in [1.82, 2.24) is 10.0 Å². The van der Waals surface area contributed by atoms with E-state index in [9.17, 15) is 9.59 Å². The summed E-state index contributed by atoms with van der Waals surface area (Å²) < 4.78 is 5.95. The number of imide groups is 1. The normalized spacial score (nSPS) is 16.7. The van der Waals surface area contributed by atoms with Crippen molar-refractivity contribution in [3.8, 4) is 5.88 Å². The van der Waals surface area contributed by atoms with E-state index in [-0.39, 0.29) is 12.0 Å². The van der Waals surface area contributed by atoms with E-state index >= 15 is 0 Å². The summed E-state index contributed by atoms with van der Waals surface area (Å²) in [6.45, 7) is 0.388. The van der Waals surface area contributed by atoms with Crippen LogP contribution in [-0.2, 0) is 11.4 Å². The van der Waals surface area contributed by atoms with E-state index in [1.54, 1.807) is 24.3 Å². The van der Waals surface area contributed by atoms with E-state index in [2.05, 4.69) is 4.98 Å². The molecular weight excluding hydrogens is 464 g/mol. The Morgan fingerprint density at radius 1 is 0.784 bits per heavy atom. The summed E-state index contributed by atoms with van der Waals surface area (Å²) in [6, 6.07) is 26.8. The van der Waals surface area contributed by atoms with Crippen molar-refractivity contribution in [1.29, 1.82) is 0 Å². The number of pyridine rings is 1. The van der Waals surface area contributed by atoms with E-state index in [0.29, 0.717) is 23.6 Å². The van der Waals surface area contributed by atoms with Gasteiger partial charge in [0.05, 0.1) is 16.6 Å². The fourth-order valence-electron chi connectivity index (χ4n) is 5.32. The van der Waals surface area contributed by atoms with Crippen LogP contribution in [0.5, 0.6) is 5.88 Å². The number of fused-ring (bicyclic) bond motifs is 2. The van der Waals surface area contributed by atoms with Gasteiger partial charge in [-0.25, -0.2) is 4.98 Å². The summed E-state index contributed by atoms with van der Waals surface area (Å²) >= 11 is 0. The number of ether oxygens (including phenoxy) is 1. The van der Waals surface area contributed by atoms with Gasteiger partial charge in [0.15, 0.2) is 0 Å². The van der Waals surface area contributed by atoms with Gasteiger partial charge in [0.2, 0.25) is 5.88 Å². The summed E-state index contributed by atoms with van der Waals surface area (Å²) in [5, 5.41) is 2.04. The van der Waals surface area contributed by atoms with Crippen LogP contribution < -0.4 is 4.74 Å². The van der Waals surface area contributed by atoms with Gasteiger partial charge in [-0.3, -0.25) is 14.4 Å². The zero-order chi connectivity index (χ0) is 25.2. The standard InChI is InChI=1S/C31H28N2O4/c34-30-25-11-5-6-12-26(25)31(35)33(30)37-29(23-9-2-1-3-10-23)24-16-14-21(15-17-24)20-36-28-19-18-22-8-4-7-13-27(22)32-28/h4-8,11-19,23,29H,1-3,9-10,20H2. The van der Waals surface area contributed by atoms with Crippen molar-refractivity contribution < 1.29 is 19.2 Å². The molecule has 1 saturated carbocycles. The molecule has 2 aliphatic rings. The monoisotopic (exact) mass is 492 g/mol. The van der Waals surface area contributed by atoms with Crippen molar-refractivity contribution in [3.05, 3.63) is 107 Å². The third-order valence-electron chi connectivity index (χ3n) is 7.32. The maximum atomic E-state index is 13.0. The highest BCUT2D eigenvalue weighted by molar-refractivity contribution is 6.20. The lowest BCUT2D eigenvalue weighted by molar-refractivity contribution is -0.156. The molecule has 4 aromatic rings. The Labute approximate surface area is 215 Å². The molecule has 0 N–H and O–H groups in total. The average Bonchev–Trinajstić information content (AvgIpc) is 3.20. The number of hydrogen-bond donors (Lipinski definition) is 0. The first-order chi connectivity index (χ1) is 18.2. The van der Waals surface area contributed by atoms with E-state index < -0.39 is 11.8 Å². The molecule has 0 bridgehead atoms. The Hall–Kier alpha value is -4.03. The number of hydroxylamine groups is 2. The number of para-hydroxylation sites is 1. The van der Waals surface area contributed by atoms with Crippen LogP contribution in [0.3, 0.4) is 0 Å². The van der Waals surface area contributed by atoms with Gasteiger partial charge in [0.25, 0.3) is 11.8 Å². The molecule has 1 aliphatic carbocycles. The minimum atomic E-state index is -0.394. The third kappa shape index (κ3) is 4.72. The van der Waals surface area contributed by atoms with Crippen molar-refractivity contribution in [2.24, 2.45) is 5.92 Å². The van der Waals surface area contributed by atoms with Gasteiger partial charge in [0.1, 0.15) is 12.7 Å². The summed E-state index contributed by atoms with van der Waals surface area (Å²) in [7, 11) is 0. The lowest BCUT2D eigenvalue weighted by Crippen LogP contribution is -2.34. The molecule has 6 rings (SSSR count). The van der Waals surface area contributed by atoms with Crippen LogP contribution >= 0.6 is 0 Å². The molecule has 2 heterocycles. The Balaban J connectivity index is 1.19. The van der Waals surface area contributed by atoms with Crippen molar-refractivity contribution >= 4 is 22.7 Å². The lowest BCUT2D eigenvalue weighted by Gasteiger charge is -2.32. The highest BCUT2D eigenvalue weighted by atomic mass is 16.7. The van der Waals surface area contributed by atoms with Gasteiger partial charge >= 0.3 is 0 Å². The van der Waals surface area contributed by atoms with Crippen LogP contribution in [0.25, 0.3) is 10.9 Å². The Morgan fingerprint density at radius 2 is 1.46 bits per heavy atom. The van der Waals surface area contributed by atoms with Gasteiger partial charge in [0, 0.05) is 11.5 Å². The van der Waals surface area contributed by atoms with Crippen LogP contribution in [0, 0.1) is 5.92 Å². The molecule has 37 heavy (non-hydrogen) atoms. The van der Waals surface area contributed by atoms with E-state index in [1.165, 1.54) is 6.42 Å². The molecule has 0 spiro atoms. The molecule has 6 heteroatoms. The van der Waals surface area contributed by atoms with Gasteiger partial charge in [-0.2, -0.15) is 0 Å². The third-order valence-corrected chi connectivity index (χ3v) is 7.32. The second-order valence-corrected chi connectivity index (χ2v) is 9.75. The molecule has 0 radical (unpaired) electrons. The molecule has 1 aromatic heterocycles. The summed E-state index contributed by atoms with van der Waals surface area (Å²) in [6.07, 6.45) is 5.09. The van der Waals surface area contributed by atoms with Crippen molar-refractivity contribution in [3.63, 3.8) is 0 Å². The van der Waals surface area contributed by atoms with Crippen LogP contribution in [0.4, 0.5) is 0 Å². The number of carbonyl (C=O) groups is 2. The molecule has 1 aliphatic heterocycles. The van der Waals surface area contributed by atoms with Crippen LogP contribution in [-0.4, -0.2) is 21.9 Å². The van der Waals surface area contributed by atoms with Crippen LogP contribution in [0.2, 0.25) is 0 Å². The maximum absolute atomic E-state index is 13.0. The number of amides is 2. The number of nitrogens with zero attached hydrogens (tertiary/aromatic N) is 2. The quantitative estimate of drug-likeness (QED) is 0.270. The fourth-order valence-corrected chi connectivity index (χ4v) is 5.32. The second kappa shape index (κ2) is 10.1. The topological polar surface area (TPSA) is 68.7 Å². The zero-order valence-corrected chi connectivity index (χ0v) is 20.5. The first-order valence-electron chi connectivity index (χ1n) is 12.9. The average molecular weight is 493 g/mol. The number of aromatic nitrogens is 1. The van der Waals surface area contributed by atoms with Gasteiger partial charge < -0.3 is 4.74 Å².